The average Bonchev–Trinajstić information content (AvgIpc) is 2.80. The average molecular weight is 502 g/mol. The highest BCUT2D eigenvalue weighted by Crippen LogP contribution is 2.22. The first-order valence-corrected chi connectivity index (χ1v) is 14.0. The predicted octanol–water partition coefficient (Wildman–Crippen LogP) is 4.10. The lowest BCUT2D eigenvalue weighted by Crippen LogP contribution is -2.52. The first kappa shape index (κ1) is 28.4. The van der Waals surface area contributed by atoms with E-state index in [-0.39, 0.29) is 19.0 Å². The minimum atomic E-state index is -3.74. The quantitative estimate of drug-likeness (QED) is 0.444. The third kappa shape index (κ3) is 8.09. The molecule has 1 atom stereocenters. The Hall–Kier alpha value is -2.87. The summed E-state index contributed by atoms with van der Waals surface area (Å²) in [6, 6.07) is 12.4. The van der Waals surface area contributed by atoms with Crippen LogP contribution < -0.4 is 9.62 Å². The van der Waals surface area contributed by atoms with Crippen LogP contribution in [-0.4, -0.2) is 50.5 Å². The first-order chi connectivity index (χ1) is 16.5. The van der Waals surface area contributed by atoms with E-state index in [1.165, 1.54) is 4.90 Å². The Morgan fingerprint density at radius 1 is 0.971 bits per heavy atom. The molecule has 0 spiro atoms. The van der Waals surface area contributed by atoms with Gasteiger partial charge in [0, 0.05) is 13.1 Å². The van der Waals surface area contributed by atoms with Gasteiger partial charge in [-0.1, -0.05) is 56.2 Å². The zero-order valence-electron chi connectivity index (χ0n) is 21.8. The molecule has 0 aromatic heterocycles. The summed E-state index contributed by atoms with van der Waals surface area (Å²) in [6.07, 6.45) is 3.30. The highest BCUT2D eigenvalue weighted by molar-refractivity contribution is 7.92. The summed E-state index contributed by atoms with van der Waals surface area (Å²) < 4.78 is 26.5. The summed E-state index contributed by atoms with van der Waals surface area (Å²) in [7, 11) is -3.74. The molecular weight excluding hydrogens is 462 g/mol. The van der Waals surface area contributed by atoms with Gasteiger partial charge in [0.25, 0.3) is 0 Å². The summed E-state index contributed by atoms with van der Waals surface area (Å²) in [5, 5.41) is 2.93. The SMILES string of the molecule is CCCCNC(=O)C(CC)N(Cc1ccc(C)cc1)C(=O)CN(c1ccc(C)c(C)c1)S(C)(=O)=O. The van der Waals surface area contributed by atoms with Crippen LogP contribution in [0.3, 0.4) is 0 Å². The van der Waals surface area contributed by atoms with Crippen molar-refractivity contribution < 1.29 is 18.0 Å². The van der Waals surface area contributed by atoms with Crippen molar-refractivity contribution in [3.63, 3.8) is 0 Å². The van der Waals surface area contributed by atoms with E-state index in [0.717, 1.165) is 45.7 Å². The van der Waals surface area contributed by atoms with E-state index in [1.807, 2.05) is 65.0 Å². The van der Waals surface area contributed by atoms with Crippen molar-refractivity contribution in [3.8, 4) is 0 Å². The smallest absolute Gasteiger partial charge is 0.244 e. The van der Waals surface area contributed by atoms with Crippen molar-refractivity contribution >= 4 is 27.5 Å². The third-order valence-corrected chi connectivity index (χ3v) is 7.29. The van der Waals surface area contributed by atoms with Gasteiger partial charge in [0.15, 0.2) is 0 Å². The maximum absolute atomic E-state index is 13.7. The van der Waals surface area contributed by atoms with Crippen LogP contribution in [0.15, 0.2) is 42.5 Å². The molecule has 0 aliphatic rings. The minimum Gasteiger partial charge on any atom is -0.354 e. The van der Waals surface area contributed by atoms with Crippen LogP contribution in [0.4, 0.5) is 5.69 Å². The number of benzene rings is 2. The number of hydrogen-bond acceptors (Lipinski definition) is 4. The summed E-state index contributed by atoms with van der Waals surface area (Å²) in [5.74, 6) is -0.648. The van der Waals surface area contributed by atoms with E-state index in [9.17, 15) is 18.0 Å². The van der Waals surface area contributed by atoms with Gasteiger partial charge in [-0.15, -0.1) is 0 Å². The van der Waals surface area contributed by atoms with E-state index >= 15 is 0 Å². The first-order valence-electron chi connectivity index (χ1n) is 12.2. The summed E-state index contributed by atoms with van der Waals surface area (Å²) in [6.45, 7) is 10.1. The number of hydrogen-bond donors (Lipinski definition) is 1. The Bertz CT molecular complexity index is 1110. The normalized spacial score (nSPS) is 12.2. The maximum Gasteiger partial charge on any atom is 0.244 e. The predicted molar refractivity (Wildman–Crippen MR) is 142 cm³/mol. The molecule has 1 unspecified atom stereocenters. The van der Waals surface area contributed by atoms with Gasteiger partial charge < -0.3 is 10.2 Å². The molecule has 192 valence electrons. The molecule has 2 aromatic carbocycles. The molecule has 0 heterocycles. The highest BCUT2D eigenvalue weighted by Gasteiger charge is 2.31. The van der Waals surface area contributed by atoms with Crippen molar-refractivity contribution in [1.82, 2.24) is 10.2 Å². The van der Waals surface area contributed by atoms with Gasteiger partial charge in [0.2, 0.25) is 21.8 Å². The fourth-order valence-corrected chi connectivity index (χ4v) is 4.65. The van der Waals surface area contributed by atoms with Crippen LogP contribution in [0.25, 0.3) is 0 Å². The molecule has 0 aliphatic carbocycles. The Morgan fingerprint density at radius 2 is 1.63 bits per heavy atom. The number of carbonyl (C=O) groups excluding carboxylic acids is 2. The van der Waals surface area contributed by atoms with E-state index in [4.69, 9.17) is 0 Å². The topological polar surface area (TPSA) is 86.8 Å². The highest BCUT2D eigenvalue weighted by atomic mass is 32.2. The molecule has 0 saturated heterocycles. The van der Waals surface area contributed by atoms with Gasteiger partial charge in [0.1, 0.15) is 12.6 Å². The molecule has 2 rings (SSSR count). The van der Waals surface area contributed by atoms with Crippen LogP contribution in [0.2, 0.25) is 0 Å². The zero-order valence-corrected chi connectivity index (χ0v) is 22.6. The van der Waals surface area contributed by atoms with Crippen molar-refractivity contribution in [3.05, 3.63) is 64.7 Å². The van der Waals surface area contributed by atoms with Crippen molar-refractivity contribution in [1.29, 1.82) is 0 Å². The number of aryl methyl sites for hydroxylation is 3. The Morgan fingerprint density at radius 3 is 2.17 bits per heavy atom. The summed E-state index contributed by atoms with van der Waals surface area (Å²) in [5.41, 5.74) is 4.36. The van der Waals surface area contributed by atoms with Gasteiger partial charge in [-0.2, -0.15) is 0 Å². The number of unbranched alkanes of at least 4 members (excludes halogenated alkanes) is 1. The Kier molecular flexibility index (Phi) is 10.3. The molecule has 0 aliphatic heterocycles. The van der Waals surface area contributed by atoms with Crippen LogP contribution in [0.1, 0.15) is 55.4 Å². The molecule has 2 amide bonds. The Labute approximate surface area is 210 Å². The molecule has 0 fully saturated rings. The van der Waals surface area contributed by atoms with Gasteiger partial charge in [-0.3, -0.25) is 13.9 Å². The number of amides is 2. The lowest BCUT2D eigenvalue weighted by molar-refractivity contribution is -0.140. The Balaban J connectivity index is 2.41. The van der Waals surface area contributed by atoms with Crippen LogP contribution >= 0.6 is 0 Å². The molecule has 8 heteroatoms. The van der Waals surface area contributed by atoms with Crippen molar-refractivity contribution in [2.75, 3.05) is 23.7 Å². The standard InChI is InChI=1S/C27H39N3O4S/c1-7-9-16-28-27(32)25(8-2)29(18-23-13-10-20(3)11-14-23)26(31)19-30(35(6,33)34)24-15-12-21(4)22(5)17-24/h10-15,17,25H,7-9,16,18-19H2,1-6H3,(H,28,32). The zero-order chi connectivity index (χ0) is 26.2. The molecule has 0 bridgehead atoms. The number of nitrogens with one attached hydrogen (secondary N) is 1. The van der Waals surface area contributed by atoms with Crippen molar-refractivity contribution in [2.45, 2.75) is 66.5 Å². The molecule has 0 radical (unpaired) electrons. The molecule has 35 heavy (non-hydrogen) atoms. The molecule has 1 N–H and O–H groups in total. The molecular formula is C27H39N3O4S. The number of rotatable bonds is 12. The van der Waals surface area contributed by atoms with E-state index in [1.54, 1.807) is 12.1 Å². The summed E-state index contributed by atoms with van der Waals surface area (Å²) >= 11 is 0. The maximum atomic E-state index is 13.7. The largest absolute Gasteiger partial charge is 0.354 e. The van der Waals surface area contributed by atoms with Crippen LogP contribution in [0, 0.1) is 20.8 Å². The number of sulfonamides is 1. The second-order valence-corrected chi connectivity index (χ2v) is 11.0. The number of anilines is 1. The minimum absolute atomic E-state index is 0.212. The van der Waals surface area contributed by atoms with Gasteiger partial charge in [-0.25, -0.2) is 8.42 Å². The monoisotopic (exact) mass is 501 g/mol. The lowest BCUT2D eigenvalue weighted by Gasteiger charge is -2.33. The number of carbonyl (C=O) groups is 2. The van der Waals surface area contributed by atoms with Crippen LogP contribution in [0.5, 0.6) is 0 Å². The van der Waals surface area contributed by atoms with Gasteiger partial charge in [0.05, 0.1) is 11.9 Å². The fraction of sp³-hybridized carbons (Fsp3) is 0.481. The van der Waals surface area contributed by atoms with Gasteiger partial charge in [-0.05, 0) is 62.4 Å². The molecule has 7 nitrogen and oxygen atoms in total. The third-order valence-electron chi connectivity index (χ3n) is 6.15. The summed E-state index contributed by atoms with van der Waals surface area (Å²) in [4.78, 5) is 28.2. The second-order valence-electron chi connectivity index (χ2n) is 9.11. The second kappa shape index (κ2) is 12.7. The number of nitrogens with zero attached hydrogens (tertiary/aromatic N) is 2. The van der Waals surface area contributed by atoms with E-state index in [0.29, 0.717) is 18.7 Å². The molecule has 2 aromatic rings. The van der Waals surface area contributed by atoms with Crippen LogP contribution in [-0.2, 0) is 26.2 Å². The van der Waals surface area contributed by atoms with Gasteiger partial charge >= 0.3 is 0 Å². The van der Waals surface area contributed by atoms with E-state index < -0.39 is 22.0 Å². The fourth-order valence-electron chi connectivity index (χ4n) is 3.81. The molecule has 0 saturated carbocycles. The lowest BCUT2D eigenvalue weighted by atomic mass is 10.1. The van der Waals surface area contributed by atoms with Crippen molar-refractivity contribution in [2.24, 2.45) is 0 Å². The van der Waals surface area contributed by atoms with E-state index in [2.05, 4.69) is 5.32 Å².